The first-order valence-electron chi connectivity index (χ1n) is 17.6. The number of aryl methyl sites for hydroxylation is 1. The Morgan fingerprint density at radius 3 is 2.53 bits per heavy atom. The minimum Gasteiger partial charge on any atom is -0.443 e. The molecule has 7 rings (SSSR count). The summed E-state index contributed by atoms with van der Waals surface area (Å²) >= 11 is 0. The number of rotatable bonds is 4. The monoisotopic (exact) mass is 707 g/mol. The van der Waals surface area contributed by atoms with E-state index < -0.39 is 46.6 Å². The fraction of sp³-hybridized carbons (Fsp3) is 0.553. The highest BCUT2D eigenvalue weighted by molar-refractivity contribution is 5.95. The number of aromatic nitrogens is 3. The number of anilines is 1. The van der Waals surface area contributed by atoms with Crippen molar-refractivity contribution < 1.29 is 37.0 Å². The summed E-state index contributed by atoms with van der Waals surface area (Å²) in [5, 5.41) is 3.55. The first-order chi connectivity index (χ1) is 23.9. The van der Waals surface area contributed by atoms with E-state index in [0.717, 1.165) is 35.9 Å². The summed E-state index contributed by atoms with van der Waals surface area (Å²) in [5.74, 6) is -1.18. The molecule has 13 heteroatoms. The van der Waals surface area contributed by atoms with Crippen molar-refractivity contribution in [1.82, 2.24) is 19.4 Å². The lowest BCUT2D eigenvalue weighted by Gasteiger charge is -2.60. The highest BCUT2D eigenvalue weighted by Gasteiger charge is 2.62. The number of ether oxygens (including phenoxy) is 2. The molecule has 4 heterocycles. The summed E-state index contributed by atoms with van der Waals surface area (Å²) in [6.45, 7) is 11.9. The summed E-state index contributed by atoms with van der Waals surface area (Å²) in [4.78, 5) is 50.6. The van der Waals surface area contributed by atoms with Gasteiger partial charge >= 0.3 is 12.5 Å². The standard InChI is InChI=1S/C38H44F3N5O5/c1-21-17-22-13-16-45(31(22)42-19-21)30-10-9-28(33(44-30)50-38(39,40)41)43-32(48)27-8-7-25-24-20-46(34(49)51-35(2,3)4)29-18-23(47)11-14-37(29,6)26(24)12-15-36(25,27)5/h9-10,13,16-19,24-27H,7-8,11-12,14-15,20H2,1-6H3,(H,43,48)/t24?,25?,26?,27?,36-,37+/m0/s1. The Hall–Kier alpha value is -4.42. The third-order valence-corrected chi connectivity index (χ3v) is 11.9. The quantitative estimate of drug-likeness (QED) is 0.291. The molecule has 3 fully saturated rings. The van der Waals surface area contributed by atoms with Crippen molar-refractivity contribution in [1.29, 1.82) is 0 Å². The number of hydrogen-bond donors (Lipinski definition) is 1. The minimum absolute atomic E-state index is 0.00223. The molecule has 10 nitrogen and oxygen atoms in total. The summed E-state index contributed by atoms with van der Waals surface area (Å²) in [6, 6.07) is 6.62. The van der Waals surface area contributed by atoms with Crippen molar-refractivity contribution >= 4 is 34.5 Å². The number of pyridine rings is 2. The van der Waals surface area contributed by atoms with Crippen LogP contribution in [0.2, 0.25) is 0 Å². The van der Waals surface area contributed by atoms with E-state index in [1.165, 1.54) is 12.1 Å². The molecule has 272 valence electrons. The Bertz CT molecular complexity index is 1950. The van der Waals surface area contributed by atoms with Gasteiger partial charge in [0.1, 0.15) is 22.8 Å². The highest BCUT2D eigenvalue weighted by Crippen LogP contribution is 2.65. The van der Waals surface area contributed by atoms with E-state index in [1.807, 2.05) is 33.8 Å². The number of amides is 2. The highest BCUT2D eigenvalue weighted by atomic mass is 19.4. The Labute approximate surface area is 294 Å². The van der Waals surface area contributed by atoms with Crippen LogP contribution in [0.25, 0.3) is 16.9 Å². The van der Waals surface area contributed by atoms with Gasteiger partial charge in [-0.3, -0.25) is 19.1 Å². The van der Waals surface area contributed by atoms with Crippen molar-refractivity contribution in [2.45, 2.75) is 92.0 Å². The number of allylic oxidation sites excluding steroid dienone is 2. The van der Waals surface area contributed by atoms with Crippen LogP contribution in [0.4, 0.5) is 23.7 Å². The first kappa shape index (κ1) is 35.0. The number of piperidine rings is 1. The van der Waals surface area contributed by atoms with E-state index in [9.17, 15) is 27.6 Å². The van der Waals surface area contributed by atoms with E-state index in [4.69, 9.17) is 4.74 Å². The molecule has 3 aliphatic carbocycles. The number of ketones is 1. The number of carbonyl (C=O) groups excluding carboxylic acids is 3. The lowest BCUT2D eigenvalue weighted by Crippen LogP contribution is -2.59. The Balaban J connectivity index is 1.16. The van der Waals surface area contributed by atoms with Gasteiger partial charge in [-0.05, 0) is 113 Å². The van der Waals surface area contributed by atoms with Crippen molar-refractivity contribution in [3.05, 3.63) is 54.0 Å². The number of likely N-dealkylation sites (tertiary alicyclic amines) is 1. The number of nitrogens with zero attached hydrogens (tertiary/aromatic N) is 4. The van der Waals surface area contributed by atoms with Gasteiger partial charge in [-0.1, -0.05) is 13.8 Å². The molecule has 2 amide bonds. The topological polar surface area (TPSA) is 116 Å². The molecule has 1 saturated heterocycles. The average molecular weight is 708 g/mol. The van der Waals surface area contributed by atoms with Gasteiger partial charge in [0.2, 0.25) is 11.8 Å². The van der Waals surface area contributed by atoms with Gasteiger partial charge < -0.3 is 14.8 Å². The molecule has 4 unspecified atom stereocenters. The molecule has 6 atom stereocenters. The minimum atomic E-state index is -5.05. The summed E-state index contributed by atoms with van der Waals surface area (Å²) in [5.41, 5.74) is 0.392. The van der Waals surface area contributed by atoms with Gasteiger partial charge in [0.15, 0.2) is 5.78 Å². The summed E-state index contributed by atoms with van der Waals surface area (Å²) in [7, 11) is 0. The van der Waals surface area contributed by atoms with Gasteiger partial charge in [-0.2, -0.15) is 4.98 Å². The maximum atomic E-state index is 14.1. The van der Waals surface area contributed by atoms with Gasteiger partial charge in [0.05, 0.1) is 0 Å². The van der Waals surface area contributed by atoms with Crippen molar-refractivity contribution in [2.24, 2.45) is 34.5 Å². The smallest absolute Gasteiger partial charge is 0.443 e. The van der Waals surface area contributed by atoms with E-state index in [2.05, 4.69) is 33.9 Å². The van der Waals surface area contributed by atoms with E-state index >= 15 is 0 Å². The zero-order valence-corrected chi connectivity index (χ0v) is 29.8. The molecule has 0 aromatic carbocycles. The lowest BCUT2D eigenvalue weighted by atomic mass is 9.49. The van der Waals surface area contributed by atoms with Gasteiger partial charge in [-0.15, -0.1) is 13.2 Å². The lowest BCUT2D eigenvalue weighted by molar-refractivity contribution is -0.275. The zero-order chi connectivity index (χ0) is 36.7. The second kappa shape index (κ2) is 12.1. The molecule has 2 saturated carbocycles. The van der Waals surface area contributed by atoms with Crippen LogP contribution in [-0.2, 0) is 14.3 Å². The van der Waals surface area contributed by atoms with Crippen molar-refractivity contribution in [3.8, 4) is 11.7 Å². The second-order valence-corrected chi connectivity index (χ2v) is 16.2. The molecule has 1 aliphatic heterocycles. The predicted octanol–water partition coefficient (Wildman–Crippen LogP) is 8.13. The van der Waals surface area contributed by atoms with Crippen LogP contribution in [0.3, 0.4) is 0 Å². The second-order valence-electron chi connectivity index (χ2n) is 16.2. The van der Waals surface area contributed by atoms with E-state index in [1.54, 1.807) is 34.0 Å². The number of hydrogen-bond acceptors (Lipinski definition) is 7. The number of fused-ring (bicyclic) bond motifs is 6. The summed E-state index contributed by atoms with van der Waals surface area (Å²) in [6.07, 6.45) is 3.26. The van der Waals surface area contributed by atoms with Crippen LogP contribution in [0, 0.1) is 41.4 Å². The number of halogens is 3. The molecule has 1 N–H and O–H groups in total. The van der Waals surface area contributed by atoms with Gasteiger partial charge in [-0.25, -0.2) is 9.78 Å². The number of nitrogens with one attached hydrogen (secondary N) is 1. The third kappa shape index (κ3) is 6.26. The first-order valence-corrected chi connectivity index (χ1v) is 17.6. The van der Waals surface area contributed by atoms with Gasteiger partial charge in [0.25, 0.3) is 0 Å². The van der Waals surface area contributed by atoms with Crippen LogP contribution in [0.15, 0.2) is 48.4 Å². The Morgan fingerprint density at radius 1 is 1.04 bits per heavy atom. The maximum Gasteiger partial charge on any atom is 0.574 e. The molecule has 3 aromatic rings. The molecular weight excluding hydrogens is 663 g/mol. The van der Waals surface area contributed by atoms with Crippen LogP contribution in [-0.4, -0.2) is 55.7 Å². The third-order valence-electron chi connectivity index (χ3n) is 11.9. The predicted molar refractivity (Wildman–Crippen MR) is 183 cm³/mol. The Kier molecular flexibility index (Phi) is 8.29. The number of carbonyl (C=O) groups is 3. The van der Waals surface area contributed by atoms with Crippen LogP contribution >= 0.6 is 0 Å². The van der Waals surface area contributed by atoms with E-state index in [0.29, 0.717) is 31.5 Å². The average Bonchev–Trinajstić information content (AvgIpc) is 3.61. The molecule has 0 bridgehead atoms. The molecule has 0 radical (unpaired) electrons. The molecular formula is C38H44F3N5O5. The fourth-order valence-corrected chi connectivity index (χ4v) is 9.61. The van der Waals surface area contributed by atoms with Crippen LogP contribution < -0.4 is 10.1 Å². The fourth-order valence-electron chi connectivity index (χ4n) is 9.61. The maximum absolute atomic E-state index is 14.1. The van der Waals surface area contributed by atoms with E-state index in [-0.39, 0.29) is 35.0 Å². The molecule has 51 heavy (non-hydrogen) atoms. The molecule has 3 aromatic heterocycles. The normalized spacial score (nSPS) is 29.2. The largest absolute Gasteiger partial charge is 0.574 e. The van der Waals surface area contributed by atoms with Crippen LogP contribution in [0.5, 0.6) is 5.88 Å². The zero-order valence-electron chi connectivity index (χ0n) is 29.8. The molecule has 0 spiro atoms. The van der Waals surface area contributed by atoms with Crippen molar-refractivity contribution in [3.63, 3.8) is 0 Å². The van der Waals surface area contributed by atoms with Crippen molar-refractivity contribution in [2.75, 3.05) is 11.9 Å². The number of alkyl halides is 3. The Morgan fingerprint density at radius 2 is 1.80 bits per heavy atom. The van der Waals surface area contributed by atoms with Crippen LogP contribution in [0.1, 0.15) is 78.7 Å². The summed E-state index contributed by atoms with van der Waals surface area (Å²) < 4.78 is 52.8. The SMILES string of the molecule is Cc1cnc2c(ccn2-c2ccc(NC(=O)C3CCC4C5CN(C(=O)OC(C)(C)C)C6=CC(=O)CC[C@]6(C)C5CC[C@]34C)c(OC(F)(F)F)n2)c1. The molecule has 4 aliphatic rings. The van der Waals surface area contributed by atoms with Gasteiger partial charge in [0, 0.05) is 53.9 Å².